The molecule has 0 amide bonds. The summed E-state index contributed by atoms with van der Waals surface area (Å²) in [5, 5.41) is 0. The lowest BCUT2D eigenvalue weighted by molar-refractivity contribution is -0.126. The smallest absolute Gasteiger partial charge is 0.136 e. The highest BCUT2D eigenvalue weighted by atomic mass is 16.5. The first-order valence-corrected chi connectivity index (χ1v) is 7.67. The van der Waals surface area contributed by atoms with Crippen molar-refractivity contribution in [3.8, 4) is 0 Å². The van der Waals surface area contributed by atoms with E-state index in [-0.39, 0.29) is 11.5 Å². The summed E-state index contributed by atoms with van der Waals surface area (Å²) in [4.78, 5) is 12.1. The molecule has 2 rings (SSSR count). The van der Waals surface area contributed by atoms with E-state index in [2.05, 4.69) is 45.0 Å². The molecule has 0 aromatic heterocycles. The minimum absolute atomic E-state index is 0.115. The van der Waals surface area contributed by atoms with E-state index in [1.54, 1.807) is 0 Å². The number of benzene rings is 1. The van der Waals surface area contributed by atoms with Crippen molar-refractivity contribution in [3.05, 3.63) is 35.9 Å². The number of ketones is 1. The van der Waals surface area contributed by atoms with E-state index in [4.69, 9.17) is 4.74 Å². The van der Waals surface area contributed by atoms with Crippen LogP contribution in [0.15, 0.2) is 30.3 Å². The van der Waals surface area contributed by atoms with Crippen LogP contribution < -0.4 is 0 Å². The zero-order valence-electron chi connectivity index (χ0n) is 12.9. The summed E-state index contributed by atoms with van der Waals surface area (Å²) in [7, 11) is 0. The van der Waals surface area contributed by atoms with Crippen molar-refractivity contribution in [1.29, 1.82) is 0 Å². The van der Waals surface area contributed by atoms with Crippen LogP contribution in [0, 0.1) is 5.92 Å². The van der Waals surface area contributed by atoms with Crippen LogP contribution >= 0.6 is 0 Å². The van der Waals surface area contributed by atoms with Gasteiger partial charge in [-0.3, -0.25) is 4.79 Å². The van der Waals surface area contributed by atoms with Gasteiger partial charge in [0.25, 0.3) is 0 Å². The average Bonchev–Trinajstić information content (AvgIpc) is 2.40. The van der Waals surface area contributed by atoms with Gasteiger partial charge in [-0.05, 0) is 51.5 Å². The Bertz CT molecular complexity index is 430. The van der Waals surface area contributed by atoms with Crippen molar-refractivity contribution >= 4 is 5.78 Å². The molecule has 2 nitrogen and oxygen atoms in total. The fourth-order valence-corrected chi connectivity index (χ4v) is 2.93. The zero-order valence-corrected chi connectivity index (χ0v) is 12.9. The van der Waals surface area contributed by atoms with E-state index in [1.807, 2.05) is 6.07 Å². The van der Waals surface area contributed by atoms with Gasteiger partial charge >= 0.3 is 0 Å². The van der Waals surface area contributed by atoms with Gasteiger partial charge in [-0.2, -0.15) is 0 Å². The fraction of sp³-hybridized carbons (Fsp3) is 0.611. The summed E-state index contributed by atoms with van der Waals surface area (Å²) in [5.74, 6) is 1.14. The highest BCUT2D eigenvalue weighted by molar-refractivity contribution is 5.82. The molecule has 1 aliphatic rings. The second-order valence-corrected chi connectivity index (χ2v) is 6.79. The minimum atomic E-state index is -0.115. The van der Waals surface area contributed by atoms with Crippen LogP contribution in [0.4, 0.5) is 0 Å². The zero-order chi connectivity index (χ0) is 14.6. The maximum atomic E-state index is 12.1. The first kappa shape index (κ1) is 15.2. The summed E-state index contributed by atoms with van der Waals surface area (Å²) in [6, 6.07) is 10.6. The molecule has 2 unspecified atom stereocenters. The highest BCUT2D eigenvalue weighted by Crippen LogP contribution is 2.35. The van der Waals surface area contributed by atoms with Crippen LogP contribution in [0.3, 0.4) is 0 Å². The summed E-state index contributed by atoms with van der Waals surface area (Å²) in [5.41, 5.74) is 1.26. The molecule has 2 atom stereocenters. The third kappa shape index (κ3) is 4.45. The van der Waals surface area contributed by atoms with Crippen molar-refractivity contribution < 1.29 is 9.53 Å². The number of hydrogen-bond donors (Lipinski definition) is 0. The van der Waals surface area contributed by atoms with E-state index in [9.17, 15) is 4.79 Å². The Morgan fingerprint density at radius 1 is 1.20 bits per heavy atom. The van der Waals surface area contributed by atoms with Crippen LogP contribution in [0.25, 0.3) is 0 Å². The Kier molecular flexibility index (Phi) is 4.98. The Labute approximate surface area is 122 Å². The van der Waals surface area contributed by atoms with E-state index < -0.39 is 0 Å². The lowest BCUT2D eigenvalue weighted by Gasteiger charge is -2.29. The summed E-state index contributed by atoms with van der Waals surface area (Å²) >= 11 is 0. The fourth-order valence-electron chi connectivity index (χ4n) is 2.93. The normalized spacial score (nSPS) is 23.9. The molecule has 1 fully saturated rings. The van der Waals surface area contributed by atoms with Crippen LogP contribution in [-0.4, -0.2) is 18.0 Å². The van der Waals surface area contributed by atoms with Crippen LogP contribution in [-0.2, 0) is 9.53 Å². The number of hydrogen-bond acceptors (Lipinski definition) is 2. The van der Waals surface area contributed by atoms with Gasteiger partial charge in [0.15, 0.2) is 0 Å². The average molecular weight is 274 g/mol. The monoisotopic (exact) mass is 274 g/mol. The Morgan fingerprint density at radius 3 is 2.55 bits per heavy atom. The van der Waals surface area contributed by atoms with Crippen LogP contribution in [0.2, 0.25) is 0 Å². The van der Waals surface area contributed by atoms with Gasteiger partial charge in [0, 0.05) is 18.9 Å². The van der Waals surface area contributed by atoms with Gasteiger partial charge < -0.3 is 4.74 Å². The van der Waals surface area contributed by atoms with Gasteiger partial charge in [0.2, 0.25) is 0 Å². The lowest BCUT2D eigenvalue weighted by atomic mass is 9.76. The maximum Gasteiger partial charge on any atom is 0.136 e. The van der Waals surface area contributed by atoms with Crippen molar-refractivity contribution in [2.24, 2.45) is 5.92 Å². The van der Waals surface area contributed by atoms with Gasteiger partial charge in [-0.15, -0.1) is 0 Å². The summed E-state index contributed by atoms with van der Waals surface area (Å²) < 4.78 is 5.77. The number of ether oxygens (including phenoxy) is 1. The third-order valence-corrected chi connectivity index (χ3v) is 4.04. The van der Waals surface area contributed by atoms with Gasteiger partial charge in [-0.1, -0.05) is 30.3 Å². The Hall–Kier alpha value is -1.15. The van der Waals surface area contributed by atoms with Crippen LogP contribution in [0.1, 0.15) is 57.9 Å². The molecule has 0 N–H and O–H groups in total. The molecule has 0 heterocycles. The van der Waals surface area contributed by atoms with Crippen molar-refractivity contribution in [1.82, 2.24) is 0 Å². The molecule has 0 bridgehead atoms. The second-order valence-electron chi connectivity index (χ2n) is 6.79. The molecular weight excluding hydrogens is 248 g/mol. The second kappa shape index (κ2) is 6.53. The molecule has 1 aromatic carbocycles. The molecule has 0 saturated heterocycles. The standard InChI is InChI=1S/C18H26O2/c1-18(2,3)20-12-11-16-13-15(9-10-17(16)19)14-7-5-4-6-8-14/h4-8,15-16H,9-13H2,1-3H3. The molecule has 1 saturated carbocycles. The molecule has 20 heavy (non-hydrogen) atoms. The Morgan fingerprint density at radius 2 is 1.90 bits per heavy atom. The van der Waals surface area contributed by atoms with Crippen LogP contribution in [0.5, 0.6) is 0 Å². The first-order chi connectivity index (χ1) is 9.46. The topological polar surface area (TPSA) is 26.3 Å². The van der Waals surface area contributed by atoms with Gasteiger partial charge in [0.1, 0.15) is 5.78 Å². The van der Waals surface area contributed by atoms with E-state index in [0.717, 1.165) is 25.7 Å². The highest BCUT2D eigenvalue weighted by Gasteiger charge is 2.29. The molecule has 1 aromatic rings. The number of Topliss-reactive ketones (excluding diaryl/α,β-unsaturated/α-hetero) is 1. The van der Waals surface area contributed by atoms with Crippen molar-refractivity contribution in [3.63, 3.8) is 0 Å². The number of carbonyl (C=O) groups excluding carboxylic acids is 1. The SMILES string of the molecule is CC(C)(C)OCCC1CC(c2ccccc2)CCC1=O. The Balaban J connectivity index is 1.90. The van der Waals surface area contributed by atoms with E-state index in [0.29, 0.717) is 18.3 Å². The molecule has 2 heteroatoms. The summed E-state index contributed by atoms with van der Waals surface area (Å²) in [6.45, 7) is 6.86. The predicted octanol–water partition coefficient (Wildman–Crippen LogP) is 4.34. The third-order valence-electron chi connectivity index (χ3n) is 4.04. The quantitative estimate of drug-likeness (QED) is 0.816. The molecule has 110 valence electrons. The van der Waals surface area contributed by atoms with Crippen molar-refractivity contribution in [2.45, 2.75) is 58.0 Å². The molecule has 0 spiro atoms. The lowest BCUT2D eigenvalue weighted by Crippen LogP contribution is -2.27. The predicted molar refractivity (Wildman–Crippen MR) is 81.9 cm³/mol. The van der Waals surface area contributed by atoms with E-state index >= 15 is 0 Å². The largest absolute Gasteiger partial charge is 0.376 e. The number of carbonyl (C=O) groups is 1. The molecule has 0 aliphatic heterocycles. The van der Waals surface area contributed by atoms with Gasteiger partial charge in [-0.25, -0.2) is 0 Å². The summed E-state index contributed by atoms with van der Waals surface area (Å²) in [6.07, 6.45) is 3.56. The van der Waals surface area contributed by atoms with Crippen molar-refractivity contribution in [2.75, 3.05) is 6.61 Å². The molecular formula is C18H26O2. The minimum Gasteiger partial charge on any atom is -0.376 e. The van der Waals surface area contributed by atoms with Gasteiger partial charge in [0.05, 0.1) is 5.60 Å². The van der Waals surface area contributed by atoms with E-state index in [1.165, 1.54) is 5.56 Å². The maximum absolute atomic E-state index is 12.1. The first-order valence-electron chi connectivity index (χ1n) is 7.67. The molecule has 1 aliphatic carbocycles. The number of rotatable bonds is 4. The molecule has 0 radical (unpaired) electrons.